The van der Waals surface area contributed by atoms with Crippen molar-refractivity contribution >= 4 is 13.3 Å². The van der Waals surface area contributed by atoms with Gasteiger partial charge in [-0.1, -0.05) is 0 Å². The van der Waals surface area contributed by atoms with Crippen LogP contribution in [0.5, 0.6) is 0 Å². The molecule has 1 atom stereocenters. The number of carbonyl (C=O) groups excluding carboxylic acids is 1. The van der Waals surface area contributed by atoms with E-state index in [2.05, 4.69) is 4.74 Å². The minimum absolute atomic E-state index is 0.399. The van der Waals surface area contributed by atoms with Gasteiger partial charge in [0.1, 0.15) is 6.16 Å². The summed E-state index contributed by atoms with van der Waals surface area (Å²) in [6, 6.07) is 0. The number of hydrogen-bond donors (Lipinski definition) is 1. The lowest BCUT2D eigenvalue weighted by atomic mass is 10.8. The Morgan fingerprint density at radius 2 is 2.22 bits per heavy atom. The maximum absolute atomic E-state index is 10.4. The first kappa shape index (κ1) is 8.66. The first-order valence-corrected chi connectivity index (χ1v) is 4.61. The summed E-state index contributed by atoms with van der Waals surface area (Å²) in [6.45, 7) is 1.12. The predicted octanol–water partition coefficient (Wildman–Crippen LogP) is 0.0596. The lowest BCUT2D eigenvalue weighted by Crippen LogP contribution is -2.06. The Bertz CT molecular complexity index is 147. The molecule has 0 aromatic heterocycles. The van der Waals surface area contributed by atoms with Crippen LogP contribution < -0.4 is 0 Å². The highest BCUT2D eigenvalue weighted by molar-refractivity contribution is 7.58. The van der Waals surface area contributed by atoms with Crippen LogP contribution in [0.3, 0.4) is 0 Å². The summed E-state index contributed by atoms with van der Waals surface area (Å²) in [5, 5.41) is 0. The average Bonchev–Trinajstić information content (AvgIpc) is 1.62. The van der Waals surface area contributed by atoms with E-state index >= 15 is 0 Å². The summed E-state index contributed by atoms with van der Waals surface area (Å²) in [7, 11) is -2.03. The molecule has 0 amide bonds. The molecular weight excluding hydrogens is 143 g/mol. The molecule has 0 radical (unpaired) electrons. The highest BCUT2D eigenvalue weighted by Crippen LogP contribution is 2.34. The van der Waals surface area contributed by atoms with E-state index in [4.69, 9.17) is 4.89 Å². The molecule has 0 aromatic rings. The molecule has 0 aliphatic rings. The van der Waals surface area contributed by atoms with Gasteiger partial charge >= 0.3 is 5.97 Å². The molecule has 0 aliphatic carbocycles. The third-order valence-electron chi connectivity index (χ3n) is 0.650. The van der Waals surface area contributed by atoms with Crippen LogP contribution in [0.15, 0.2) is 0 Å². The van der Waals surface area contributed by atoms with Crippen molar-refractivity contribution < 1.29 is 19.0 Å². The molecule has 4 nitrogen and oxygen atoms in total. The zero-order chi connectivity index (χ0) is 7.49. The average molecular weight is 152 g/mol. The van der Waals surface area contributed by atoms with Gasteiger partial charge in [0.25, 0.3) is 0 Å². The molecule has 0 heterocycles. The van der Waals surface area contributed by atoms with Crippen LogP contribution in [-0.4, -0.2) is 30.8 Å². The van der Waals surface area contributed by atoms with Crippen LogP contribution >= 0.6 is 7.37 Å². The summed E-state index contributed by atoms with van der Waals surface area (Å²) in [4.78, 5) is 18.8. The Morgan fingerprint density at radius 1 is 1.78 bits per heavy atom. The molecule has 0 spiro atoms. The monoisotopic (exact) mass is 152 g/mol. The molecule has 1 N–H and O–H groups in total. The maximum atomic E-state index is 10.4. The van der Waals surface area contributed by atoms with E-state index in [1.54, 1.807) is 0 Å². The first-order chi connectivity index (χ1) is 3.95. The summed E-state index contributed by atoms with van der Waals surface area (Å²) >= 11 is 0. The third-order valence-corrected chi connectivity index (χ3v) is 1.50. The molecule has 0 aromatic carbocycles. The van der Waals surface area contributed by atoms with Crippen molar-refractivity contribution in [3.63, 3.8) is 0 Å². The van der Waals surface area contributed by atoms with Crippen LogP contribution in [0.1, 0.15) is 0 Å². The van der Waals surface area contributed by atoms with E-state index < -0.39 is 19.5 Å². The Hall–Kier alpha value is -0.340. The van der Waals surface area contributed by atoms with Crippen LogP contribution in [0, 0.1) is 0 Å². The fourth-order valence-corrected chi connectivity index (χ4v) is 0.912. The second-order valence-corrected chi connectivity index (χ2v) is 4.20. The van der Waals surface area contributed by atoms with Gasteiger partial charge in [-0.25, -0.2) is 0 Å². The minimum atomic E-state index is -3.21. The predicted molar refractivity (Wildman–Crippen MR) is 32.6 cm³/mol. The Balaban J connectivity index is 3.75. The molecule has 0 aliphatic heterocycles. The van der Waals surface area contributed by atoms with Gasteiger partial charge in [-0.2, -0.15) is 0 Å². The fourth-order valence-electron chi connectivity index (χ4n) is 0.304. The normalized spacial score (nSPS) is 16.3. The second kappa shape index (κ2) is 2.99. The van der Waals surface area contributed by atoms with Gasteiger partial charge in [-0.3, -0.25) is 9.36 Å². The number of hydrogen-bond acceptors (Lipinski definition) is 3. The Morgan fingerprint density at radius 3 is 2.33 bits per heavy atom. The maximum Gasteiger partial charge on any atom is 0.315 e. The van der Waals surface area contributed by atoms with E-state index in [9.17, 15) is 9.36 Å². The van der Waals surface area contributed by atoms with Crippen molar-refractivity contribution in [1.29, 1.82) is 0 Å². The minimum Gasteiger partial charge on any atom is -0.469 e. The van der Waals surface area contributed by atoms with Crippen LogP contribution in [-0.2, 0) is 14.1 Å². The van der Waals surface area contributed by atoms with Crippen molar-refractivity contribution in [3.8, 4) is 0 Å². The van der Waals surface area contributed by atoms with Crippen molar-refractivity contribution in [1.82, 2.24) is 0 Å². The van der Waals surface area contributed by atoms with Crippen molar-refractivity contribution in [2.24, 2.45) is 0 Å². The van der Waals surface area contributed by atoms with E-state index in [-0.39, 0.29) is 0 Å². The molecule has 5 heteroatoms. The summed E-state index contributed by atoms with van der Waals surface area (Å²) < 4.78 is 14.6. The summed E-state index contributed by atoms with van der Waals surface area (Å²) in [6.07, 6.45) is -0.399. The molecular formula is C4H9O4P. The van der Waals surface area contributed by atoms with Gasteiger partial charge in [-0.15, -0.1) is 0 Å². The Kier molecular flexibility index (Phi) is 2.88. The number of methoxy groups -OCH3 is 1. The standard InChI is InChI=1S/C4H9O4P/c1-8-4(5)3-9(2,6)7/h3H2,1-2H3,(H,6,7). The van der Waals surface area contributed by atoms with Crippen LogP contribution in [0.25, 0.3) is 0 Å². The third kappa shape index (κ3) is 5.53. The summed E-state index contributed by atoms with van der Waals surface area (Å²) in [5.41, 5.74) is 0. The number of ether oxygens (including phenoxy) is 1. The molecule has 9 heavy (non-hydrogen) atoms. The molecule has 0 bridgehead atoms. The lowest BCUT2D eigenvalue weighted by Gasteiger charge is -2.00. The molecule has 54 valence electrons. The van der Waals surface area contributed by atoms with Crippen LogP contribution in [0.2, 0.25) is 0 Å². The molecule has 0 rings (SSSR count). The van der Waals surface area contributed by atoms with Gasteiger partial charge in [0.2, 0.25) is 7.37 Å². The van der Waals surface area contributed by atoms with Crippen molar-refractivity contribution in [2.45, 2.75) is 0 Å². The van der Waals surface area contributed by atoms with Gasteiger partial charge in [-0.05, 0) is 0 Å². The molecule has 0 fully saturated rings. The smallest absolute Gasteiger partial charge is 0.315 e. The molecule has 1 unspecified atom stereocenters. The SMILES string of the molecule is COC(=O)CP(C)(=O)O. The summed E-state index contributed by atoms with van der Waals surface area (Å²) in [5.74, 6) is -0.650. The fraction of sp³-hybridized carbons (Fsp3) is 0.750. The number of rotatable bonds is 2. The van der Waals surface area contributed by atoms with Gasteiger partial charge in [0.05, 0.1) is 7.11 Å². The van der Waals surface area contributed by atoms with Gasteiger partial charge in [0.15, 0.2) is 0 Å². The van der Waals surface area contributed by atoms with E-state index in [1.807, 2.05) is 0 Å². The first-order valence-electron chi connectivity index (χ1n) is 2.32. The topological polar surface area (TPSA) is 63.6 Å². The van der Waals surface area contributed by atoms with Crippen molar-refractivity contribution in [3.05, 3.63) is 0 Å². The van der Waals surface area contributed by atoms with E-state index in [0.717, 1.165) is 6.66 Å². The van der Waals surface area contributed by atoms with Gasteiger partial charge in [0, 0.05) is 6.66 Å². The van der Waals surface area contributed by atoms with E-state index in [1.165, 1.54) is 7.11 Å². The zero-order valence-corrected chi connectivity index (χ0v) is 6.22. The zero-order valence-electron chi connectivity index (χ0n) is 5.33. The van der Waals surface area contributed by atoms with Crippen LogP contribution in [0.4, 0.5) is 0 Å². The van der Waals surface area contributed by atoms with Crippen molar-refractivity contribution in [2.75, 3.05) is 19.9 Å². The quantitative estimate of drug-likeness (QED) is 0.448. The molecule has 0 saturated heterocycles. The highest BCUT2D eigenvalue weighted by atomic mass is 31.2. The number of esters is 1. The molecule has 0 saturated carbocycles. The highest BCUT2D eigenvalue weighted by Gasteiger charge is 2.15. The largest absolute Gasteiger partial charge is 0.469 e. The second-order valence-electron chi connectivity index (χ2n) is 1.79. The van der Waals surface area contributed by atoms with Gasteiger partial charge < -0.3 is 9.63 Å². The Labute approximate surface area is 53.3 Å². The van der Waals surface area contributed by atoms with E-state index in [0.29, 0.717) is 0 Å². The number of carbonyl (C=O) groups is 1. The lowest BCUT2D eigenvalue weighted by molar-refractivity contribution is -0.137.